The summed E-state index contributed by atoms with van der Waals surface area (Å²) < 4.78 is 13.7. The number of aromatic nitrogens is 2. The number of benzene rings is 1. The zero-order valence-corrected chi connectivity index (χ0v) is 9.65. The molecular weight excluding hydrogens is 257 g/mol. The molecule has 88 valence electrons. The number of hydrogen-bond donors (Lipinski definition) is 0. The highest BCUT2D eigenvalue weighted by Crippen LogP contribution is 2.23. The highest BCUT2D eigenvalue weighted by Gasteiger charge is 2.26. The lowest BCUT2D eigenvalue weighted by atomic mass is 10.0. The number of fused-ring (bicyclic) bond motifs is 1. The molecule has 0 bridgehead atoms. The van der Waals surface area contributed by atoms with Crippen LogP contribution in [0.3, 0.4) is 0 Å². The van der Waals surface area contributed by atoms with Crippen LogP contribution >= 0.6 is 11.6 Å². The van der Waals surface area contributed by atoms with Crippen LogP contribution in [0.4, 0.5) is 4.39 Å². The van der Waals surface area contributed by atoms with E-state index >= 15 is 0 Å². The molecule has 2 aromatic rings. The van der Waals surface area contributed by atoms with Gasteiger partial charge in [0.15, 0.2) is 5.82 Å². The second-order valence-electron chi connectivity index (χ2n) is 3.65. The summed E-state index contributed by atoms with van der Waals surface area (Å²) in [5.41, 5.74) is 1.11. The van der Waals surface area contributed by atoms with Crippen LogP contribution in [0.1, 0.15) is 21.6 Å². The molecular formula is C12H5ClFN3O. The van der Waals surface area contributed by atoms with Crippen LogP contribution in [-0.4, -0.2) is 21.6 Å². The maximum absolute atomic E-state index is 13.7. The van der Waals surface area contributed by atoms with E-state index in [-0.39, 0.29) is 16.7 Å². The Morgan fingerprint density at radius 1 is 1.17 bits per heavy atom. The molecule has 1 aliphatic heterocycles. The van der Waals surface area contributed by atoms with Gasteiger partial charge in [0, 0.05) is 5.56 Å². The molecule has 1 aromatic carbocycles. The molecule has 6 heteroatoms. The van der Waals surface area contributed by atoms with E-state index in [1.165, 1.54) is 0 Å². The molecule has 18 heavy (non-hydrogen) atoms. The average Bonchev–Trinajstić information content (AvgIpc) is 2.71. The number of nitrogens with zero attached hydrogens (tertiary/aromatic N) is 3. The third-order valence-corrected chi connectivity index (χ3v) is 2.75. The van der Waals surface area contributed by atoms with E-state index in [4.69, 9.17) is 11.6 Å². The van der Waals surface area contributed by atoms with Gasteiger partial charge in [0.05, 0.1) is 11.8 Å². The van der Waals surface area contributed by atoms with Gasteiger partial charge in [0.1, 0.15) is 11.4 Å². The average molecular weight is 262 g/mol. The molecule has 0 radical (unpaired) electrons. The molecule has 0 spiro atoms. The molecule has 0 saturated heterocycles. The topological polar surface area (TPSA) is 55.2 Å². The summed E-state index contributed by atoms with van der Waals surface area (Å²) in [5, 5.41) is -0.0917. The van der Waals surface area contributed by atoms with Crippen LogP contribution in [0, 0.1) is 5.82 Å². The van der Waals surface area contributed by atoms with Gasteiger partial charge in [0.25, 0.3) is 5.91 Å². The van der Waals surface area contributed by atoms with Crippen LogP contribution < -0.4 is 0 Å². The van der Waals surface area contributed by atoms with Crippen molar-refractivity contribution in [1.29, 1.82) is 0 Å². The monoisotopic (exact) mass is 261 g/mol. The Morgan fingerprint density at radius 3 is 2.67 bits per heavy atom. The van der Waals surface area contributed by atoms with E-state index in [1.54, 1.807) is 24.3 Å². The summed E-state index contributed by atoms with van der Waals surface area (Å²) in [4.78, 5) is 22.8. The van der Waals surface area contributed by atoms with Crippen LogP contribution in [0.25, 0.3) is 0 Å². The van der Waals surface area contributed by atoms with Gasteiger partial charge < -0.3 is 0 Å². The summed E-state index contributed by atoms with van der Waals surface area (Å²) in [6.07, 6.45) is 0.957. The number of aliphatic imine (C=N–C) groups is 1. The van der Waals surface area contributed by atoms with Crippen molar-refractivity contribution in [3.05, 3.63) is 58.4 Å². The van der Waals surface area contributed by atoms with Crippen LogP contribution in [0.2, 0.25) is 5.28 Å². The van der Waals surface area contributed by atoms with Crippen molar-refractivity contribution in [2.24, 2.45) is 4.99 Å². The predicted octanol–water partition coefficient (Wildman–Crippen LogP) is 2.26. The van der Waals surface area contributed by atoms with Gasteiger partial charge in [-0.25, -0.2) is 19.4 Å². The van der Waals surface area contributed by atoms with Crippen molar-refractivity contribution >= 4 is 23.2 Å². The van der Waals surface area contributed by atoms with Crippen LogP contribution in [-0.2, 0) is 0 Å². The Bertz CT molecular complexity index is 699. The molecule has 0 N–H and O–H groups in total. The molecule has 1 aliphatic rings. The Balaban J connectivity index is 2.23. The number of carbonyl (C=O) groups excluding carboxylic acids is 1. The third kappa shape index (κ3) is 1.60. The number of amides is 1. The maximum atomic E-state index is 13.7. The molecule has 2 heterocycles. The number of carbonyl (C=O) groups is 1. The maximum Gasteiger partial charge on any atom is 0.278 e. The van der Waals surface area contributed by atoms with Gasteiger partial charge in [-0.05, 0) is 17.7 Å². The van der Waals surface area contributed by atoms with Crippen molar-refractivity contribution < 1.29 is 9.18 Å². The summed E-state index contributed by atoms with van der Waals surface area (Å²) in [6, 6.07) is 6.79. The fourth-order valence-corrected chi connectivity index (χ4v) is 1.92. The number of rotatable bonds is 1. The van der Waals surface area contributed by atoms with Crippen molar-refractivity contribution in [3.63, 3.8) is 0 Å². The minimum atomic E-state index is -0.664. The summed E-state index contributed by atoms with van der Waals surface area (Å²) in [6.45, 7) is 0. The molecule has 0 fully saturated rings. The Labute approximate surface area is 106 Å². The molecule has 0 atom stereocenters. The second kappa shape index (κ2) is 3.96. The lowest BCUT2D eigenvalue weighted by Crippen LogP contribution is -2.07. The first-order chi connectivity index (χ1) is 8.66. The summed E-state index contributed by atoms with van der Waals surface area (Å²) in [7, 11) is 0. The minimum absolute atomic E-state index is 0.0618. The minimum Gasteiger partial charge on any atom is -0.267 e. The van der Waals surface area contributed by atoms with Gasteiger partial charge in [0.2, 0.25) is 5.28 Å². The van der Waals surface area contributed by atoms with Crippen LogP contribution in [0.5, 0.6) is 0 Å². The van der Waals surface area contributed by atoms with Crippen molar-refractivity contribution in [3.8, 4) is 0 Å². The largest absolute Gasteiger partial charge is 0.278 e. The van der Waals surface area contributed by atoms with E-state index in [9.17, 15) is 9.18 Å². The van der Waals surface area contributed by atoms with Crippen molar-refractivity contribution in [1.82, 2.24) is 9.97 Å². The van der Waals surface area contributed by atoms with Crippen molar-refractivity contribution in [2.45, 2.75) is 0 Å². The van der Waals surface area contributed by atoms with E-state index in [0.29, 0.717) is 11.1 Å². The first kappa shape index (κ1) is 11.0. The Hall–Kier alpha value is -2.14. The van der Waals surface area contributed by atoms with Crippen molar-refractivity contribution in [2.75, 3.05) is 0 Å². The fraction of sp³-hybridized carbons (Fsp3) is 0. The first-order valence-electron chi connectivity index (χ1n) is 5.07. The van der Waals surface area contributed by atoms with E-state index in [1.807, 2.05) is 0 Å². The number of halogens is 2. The Kier molecular flexibility index (Phi) is 2.41. The van der Waals surface area contributed by atoms with E-state index in [2.05, 4.69) is 15.0 Å². The molecule has 1 amide bonds. The van der Waals surface area contributed by atoms with Gasteiger partial charge in [-0.2, -0.15) is 0 Å². The zero-order chi connectivity index (χ0) is 12.7. The normalized spacial score (nSPS) is 13.4. The molecule has 0 unspecified atom stereocenters. The smallest absolute Gasteiger partial charge is 0.267 e. The van der Waals surface area contributed by atoms with Gasteiger partial charge >= 0.3 is 0 Å². The second-order valence-corrected chi connectivity index (χ2v) is 3.98. The molecule has 0 aliphatic carbocycles. The van der Waals surface area contributed by atoms with Crippen LogP contribution in [0.15, 0.2) is 35.5 Å². The lowest BCUT2D eigenvalue weighted by molar-refractivity contribution is 0.101. The zero-order valence-electron chi connectivity index (χ0n) is 8.89. The number of hydrogen-bond acceptors (Lipinski definition) is 3. The standard InChI is InChI=1S/C12H5ClFN3O/c13-12-15-5-8(14)10(17-12)9-6-3-1-2-4-7(6)11(18)16-9/h1-5H. The van der Waals surface area contributed by atoms with E-state index < -0.39 is 11.7 Å². The Morgan fingerprint density at radius 2 is 1.89 bits per heavy atom. The quantitative estimate of drug-likeness (QED) is 0.740. The molecule has 1 aromatic heterocycles. The summed E-state index contributed by atoms with van der Waals surface area (Å²) >= 11 is 5.63. The van der Waals surface area contributed by atoms with E-state index in [0.717, 1.165) is 6.20 Å². The summed E-state index contributed by atoms with van der Waals surface area (Å²) in [5.74, 6) is -1.07. The van der Waals surface area contributed by atoms with Gasteiger partial charge in [-0.3, -0.25) is 4.79 Å². The molecule has 4 nitrogen and oxygen atoms in total. The SMILES string of the molecule is O=C1N=C(c2nc(Cl)ncc2F)c2ccccc21. The molecule has 3 rings (SSSR count). The first-order valence-corrected chi connectivity index (χ1v) is 5.45. The fourth-order valence-electron chi connectivity index (χ4n) is 1.79. The predicted molar refractivity (Wildman–Crippen MR) is 63.4 cm³/mol. The third-order valence-electron chi connectivity index (χ3n) is 2.56. The highest BCUT2D eigenvalue weighted by atomic mass is 35.5. The highest BCUT2D eigenvalue weighted by molar-refractivity contribution is 6.29. The van der Waals surface area contributed by atoms with Gasteiger partial charge in [-0.1, -0.05) is 18.2 Å². The lowest BCUT2D eigenvalue weighted by Gasteiger charge is -2.03. The van der Waals surface area contributed by atoms with Gasteiger partial charge in [-0.15, -0.1) is 0 Å². The molecule has 0 saturated carbocycles.